The molecule has 0 aliphatic heterocycles. The van der Waals surface area contributed by atoms with Gasteiger partial charge in [0, 0.05) is 6.42 Å². The maximum atomic E-state index is 11.6. The molecule has 0 heterocycles. The summed E-state index contributed by atoms with van der Waals surface area (Å²) in [6, 6.07) is 0. The van der Waals surface area contributed by atoms with Crippen molar-refractivity contribution in [2.24, 2.45) is 46.3 Å². The third-order valence-electron chi connectivity index (χ3n) is 10.4. The van der Waals surface area contributed by atoms with Crippen molar-refractivity contribution >= 4 is 5.97 Å². The molecule has 0 unspecified atom stereocenters. The predicted molar refractivity (Wildman–Crippen MR) is 113 cm³/mol. The number of ether oxygens (including phenoxy) is 1. The molecule has 0 bridgehead atoms. The molecule has 0 aromatic heterocycles. The van der Waals surface area contributed by atoms with Crippen molar-refractivity contribution in [3.63, 3.8) is 0 Å². The topological polar surface area (TPSA) is 66.8 Å². The van der Waals surface area contributed by atoms with E-state index in [-0.39, 0.29) is 29.5 Å². The molecule has 166 valence electrons. The van der Waals surface area contributed by atoms with E-state index in [1.807, 2.05) is 0 Å². The van der Waals surface area contributed by atoms with E-state index in [9.17, 15) is 15.0 Å². The molecular formula is C25H42O4. The largest absolute Gasteiger partial charge is 0.469 e. The maximum Gasteiger partial charge on any atom is 0.305 e. The van der Waals surface area contributed by atoms with Crippen LogP contribution in [0.4, 0.5) is 0 Å². The fourth-order valence-electron chi connectivity index (χ4n) is 8.90. The summed E-state index contributed by atoms with van der Waals surface area (Å²) in [4.78, 5) is 11.6. The second kappa shape index (κ2) is 7.82. The SMILES string of the molecule is COC(=O)CC[C@@H](C)[C@H]1CC[C@H]2[C@@H]3C[C@@H](O)[C@H]4C[C@@H](O)CC[C@]4(C)[C@H]3CC[C@]12C. The van der Waals surface area contributed by atoms with Gasteiger partial charge in [-0.3, -0.25) is 4.79 Å². The molecule has 0 saturated heterocycles. The normalized spacial score (nSPS) is 50.2. The molecule has 4 aliphatic rings. The number of carbonyl (C=O) groups is 1. The molecule has 4 heteroatoms. The second-order valence-corrected chi connectivity index (χ2v) is 11.5. The first kappa shape index (κ1) is 21.6. The van der Waals surface area contributed by atoms with E-state index in [2.05, 4.69) is 20.8 Å². The first-order chi connectivity index (χ1) is 13.7. The van der Waals surface area contributed by atoms with Gasteiger partial charge < -0.3 is 14.9 Å². The van der Waals surface area contributed by atoms with Crippen LogP contribution < -0.4 is 0 Å². The minimum Gasteiger partial charge on any atom is -0.469 e. The molecular weight excluding hydrogens is 364 g/mol. The van der Waals surface area contributed by atoms with Crippen molar-refractivity contribution in [1.29, 1.82) is 0 Å². The zero-order chi connectivity index (χ0) is 21.0. The fourth-order valence-corrected chi connectivity index (χ4v) is 8.90. The van der Waals surface area contributed by atoms with Crippen LogP contribution in [0.3, 0.4) is 0 Å². The Labute approximate surface area is 176 Å². The summed E-state index contributed by atoms with van der Waals surface area (Å²) < 4.78 is 4.86. The van der Waals surface area contributed by atoms with Crippen LogP contribution in [0, 0.1) is 46.3 Å². The molecule has 4 nitrogen and oxygen atoms in total. The monoisotopic (exact) mass is 406 g/mol. The van der Waals surface area contributed by atoms with E-state index in [1.165, 1.54) is 32.8 Å². The van der Waals surface area contributed by atoms with Gasteiger partial charge in [0.2, 0.25) is 0 Å². The van der Waals surface area contributed by atoms with Gasteiger partial charge >= 0.3 is 5.97 Å². The Morgan fingerprint density at radius 1 is 1.00 bits per heavy atom. The highest BCUT2D eigenvalue weighted by Gasteiger charge is 2.62. The highest BCUT2D eigenvalue weighted by atomic mass is 16.5. The average molecular weight is 407 g/mol. The Morgan fingerprint density at radius 3 is 2.41 bits per heavy atom. The second-order valence-electron chi connectivity index (χ2n) is 11.5. The van der Waals surface area contributed by atoms with E-state index in [0.717, 1.165) is 32.1 Å². The van der Waals surface area contributed by atoms with Crippen LogP contribution in [0.1, 0.15) is 85.0 Å². The number of fused-ring (bicyclic) bond motifs is 5. The number of hydrogen-bond donors (Lipinski definition) is 2. The number of aliphatic hydroxyl groups is 2. The standard InChI is InChI=1S/C25H42O4/c1-15(5-8-23(28)29-4)18-6-7-19-17-14-22(27)21-13-16(26)9-11-25(21,3)20(17)10-12-24(18,19)2/h15-22,26-27H,5-14H2,1-4H3/t15-,16+,17+,18-,19+,20+,21-,22-,24-,25-/m1/s1. The van der Waals surface area contributed by atoms with Crippen LogP contribution in [-0.4, -0.2) is 35.5 Å². The zero-order valence-electron chi connectivity index (χ0n) is 18.9. The van der Waals surface area contributed by atoms with Gasteiger partial charge in [0.15, 0.2) is 0 Å². The molecule has 4 fully saturated rings. The molecule has 0 aromatic rings. The summed E-state index contributed by atoms with van der Waals surface area (Å²) in [7, 11) is 1.48. The number of aliphatic hydroxyl groups excluding tert-OH is 2. The molecule has 0 aromatic carbocycles. The number of carbonyl (C=O) groups excluding carboxylic acids is 1. The van der Waals surface area contributed by atoms with Crippen molar-refractivity contribution in [2.75, 3.05) is 7.11 Å². The summed E-state index contributed by atoms with van der Waals surface area (Å²) in [5.74, 6) is 3.42. The lowest BCUT2D eigenvalue weighted by Gasteiger charge is -2.62. The summed E-state index contributed by atoms with van der Waals surface area (Å²) in [5, 5.41) is 21.3. The average Bonchev–Trinajstić information content (AvgIpc) is 3.05. The van der Waals surface area contributed by atoms with Gasteiger partial charge in [-0.1, -0.05) is 20.8 Å². The Balaban J connectivity index is 1.52. The van der Waals surface area contributed by atoms with E-state index >= 15 is 0 Å². The highest BCUT2D eigenvalue weighted by Crippen LogP contribution is 2.68. The molecule has 0 radical (unpaired) electrons. The van der Waals surface area contributed by atoms with Gasteiger partial charge in [0.05, 0.1) is 19.3 Å². The Morgan fingerprint density at radius 2 is 1.69 bits per heavy atom. The Hall–Kier alpha value is -0.610. The maximum absolute atomic E-state index is 11.6. The van der Waals surface area contributed by atoms with Gasteiger partial charge in [-0.15, -0.1) is 0 Å². The van der Waals surface area contributed by atoms with E-state index < -0.39 is 0 Å². The lowest BCUT2D eigenvalue weighted by Crippen LogP contribution is -2.58. The first-order valence-electron chi connectivity index (χ1n) is 12.1. The van der Waals surface area contributed by atoms with E-state index in [0.29, 0.717) is 41.4 Å². The lowest BCUT2D eigenvalue weighted by atomic mass is 9.44. The number of rotatable bonds is 4. The van der Waals surface area contributed by atoms with Crippen molar-refractivity contribution < 1.29 is 19.7 Å². The number of esters is 1. The summed E-state index contributed by atoms with van der Waals surface area (Å²) in [6.07, 6.45) is 9.77. The third kappa shape index (κ3) is 3.46. The van der Waals surface area contributed by atoms with Gasteiger partial charge in [0.1, 0.15) is 0 Å². The van der Waals surface area contributed by atoms with Crippen LogP contribution >= 0.6 is 0 Å². The van der Waals surface area contributed by atoms with Gasteiger partial charge in [-0.2, -0.15) is 0 Å². The number of hydrogen-bond acceptors (Lipinski definition) is 4. The fraction of sp³-hybridized carbons (Fsp3) is 0.960. The lowest BCUT2D eigenvalue weighted by molar-refractivity contribution is -0.172. The van der Waals surface area contributed by atoms with Crippen LogP contribution in [0.25, 0.3) is 0 Å². The van der Waals surface area contributed by atoms with Crippen LogP contribution in [0.5, 0.6) is 0 Å². The molecule has 10 atom stereocenters. The molecule has 0 amide bonds. The summed E-state index contributed by atoms with van der Waals surface area (Å²) >= 11 is 0. The van der Waals surface area contributed by atoms with Crippen molar-refractivity contribution in [1.82, 2.24) is 0 Å². The van der Waals surface area contributed by atoms with Crippen LogP contribution in [0.2, 0.25) is 0 Å². The first-order valence-corrected chi connectivity index (χ1v) is 12.1. The highest BCUT2D eigenvalue weighted by molar-refractivity contribution is 5.69. The molecule has 4 aliphatic carbocycles. The predicted octanol–water partition coefficient (Wildman–Crippen LogP) is 4.57. The van der Waals surface area contributed by atoms with Crippen molar-refractivity contribution in [3.05, 3.63) is 0 Å². The molecule has 4 rings (SSSR count). The van der Waals surface area contributed by atoms with Gasteiger partial charge in [-0.25, -0.2) is 0 Å². The van der Waals surface area contributed by atoms with Crippen molar-refractivity contribution in [2.45, 2.75) is 97.2 Å². The van der Waals surface area contributed by atoms with E-state index in [1.54, 1.807) is 0 Å². The van der Waals surface area contributed by atoms with E-state index in [4.69, 9.17) is 4.74 Å². The Kier molecular flexibility index (Phi) is 5.83. The van der Waals surface area contributed by atoms with Crippen LogP contribution in [-0.2, 0) is 9.53 Å². The summed E-state index contributed by atoms with van der Waals surface area (Å²) in [5.41, 5.74) is 0.533. The molecule has 0 spiro atoms. The molecule has 29 heavy (non-hydrogen) atoms. The Bertz CT molecular complexity index is 620. The quantitative estimate of drug-likeness (QED) is 0.671. The van der Waals surface area contributed by atoms with Crippen molar-refractivity contribution in [3.8, 4) is 0 Å². The van der Waals surface area contributed by atoms with Gasteiger partial charge in [0.25, 0.3) is 0 Å². The van der Waals surface area contributed by atoms with Crippen LogP contribution in [0.15, 0.2) is 0 Å². The zero-order valence-corrected chi connectivity index (χ0v) is 18.9. The number of methoxy groups -OCH3 is 1. The minimum absolute atomic E-state index is 0.0888. The molecule has 2 N–H and O–H groups in total. The van der Waals surface area contributed by atoms with Gasteiger partial charge in [-0.05, 0) is 104 Å². The third-order valence-corrected chi connectivity index (χ3v) is 10.4. The summed E-state index contributed by atoms with van der Waals surface area (Å²) in [6.45, 7) is 7.28. The minimum atomic E-state index is -0.255. The molecule has 4 saturated carbocycles. The smallest absolute Gasteiger partial charge is 0.305 e.